The van der Waals surface area contributed by atoms with Gasteiger partial charge in [0.25, 0.3) is 5.91 Å². The minimum absolute atomic E-state index is 0.0445. The van der Waals surface area contributed by atoms with Crippen molar-refractivity contribution in [2.45, 2.75) is 37.0 Å². The lowest BCUT2D eigenvalue weighted by atomic mass is 10.1. The monoisotopic (exact) mass is 484 g/mol. The molecule has 34 heavy (non-hydrogen) atoms. The van der Waals surface area contributed by atoms with E-state index < -0.39 is 15.9 Å². The first-order chi connectivity index (χ1) is 16.2. The van der Waals surface area contributed by atoms with Gasteiger partial charge in [0, 0.05) is 51.4 Å². The third-order valence-corrected chi connectivity index (χ3v) is 7.91. The summed E-state index contributed by atoms with van der Waals surface area (Å²) in [6.45, 7) is 1.60. The van der Waals surface area contributed by atoms with E-state index in [2.05, 4.69) is 10.2 Å². The van der Waals surface area contributed by atoms with E-state index in [0.29, 0.717) is 36.3 Å². The zero-order chi connectivity index (χ0) is 24.5. The van der Waals surface area contributed by atoms with Crippen LogP contribution in [0.25, 0.3) is 0 Å². The molecule has 0 unspecified atom stereocenters. The van der Waals surface area contributed by atoms with Crippen molar-refractivity contribution in [3.8, 4) is 0 Å². The molecule has 2 saturated heterocycles. The Labute approximate surface area is 199 Å². The topological polar surface area (TPSA) is 107 Å². The summed E-state index contributed by atoms with van der Waals surface area (Å²) >= 11 is 0. The summed E-state index contributed by atoms with van der Waals surface area (Å²) in [5, 5.41) is 2.82. The molecule has 180 valence electrons. The zero-order valence-electron chi connectivity index (χ0n) is 19.3. The number of benzene rings is 2. The first kappa shape index (κ1) is 23.9. The molecule has 0 aliphatic carbocycles. The van der Waals surface area contributed by atoms with Gasteiger partial charge in [0.05, 0.1) is 16.1 Å². The molecule has 2 aliphatic heterocycles. The van der Waals surface area contributed by atoms with Gasteiger partial charge in [-0.3, -0.25) is 19.3 Å². The molecule has 0 aromatic heterocycles. The predicted molar refractivity (Wildman–Crippen MR) is 130 cm³/mol. The van der Waals surface area contributed by atoms with Crippen molar-refractivity contribution >= 4 is 44.8 Å². The molecule has 0 atom stereocenters. The summed E-state index contributed by atoms with van der Waals surface area (Å²) < 4.78 is 26.4. The smallest absolute Gasteiger partial charge is 0.257 e. The maximum Gasteiger partial charge on any atom is 0.257 e. The molecule has 2 aromatic carbocycles. The Morgan fingerprint density at radius 1 is 0.912 bits per heavy atom. The first-order valence-corrected chi connectivity index (χ1v) is 12.7. The molecule has 2 aromatic rings. The van der Waals surface area contributed by atoms with Gasteiger partial charge in [-0.25, -0.2) is 12.7 Å². The van der Waals surface area contributed by atoms with Gasteiger partial charge in [-0.2, -0.15) is 0 Å². The fourth-order valence-electron chi connectivity index (χ4n) is 4.24. The van der Waals surface area contributed by atoms with Gasteiger partial charge < -0.3 is 10.2 Å². The Morgan fingerprint density at radius 2 is 1.53 bits per heavy atom. The van der Waals surface area contributed by atoms with Crippen molar-refractivity contribution in [3.05, 3.63) is 48.0 Å². The lowest BCUT2D eigenvalue weighted by Gasteiger charge is -2.25. The molecule has 2 aliphatic rings. The number of hydrogen-bond donors (Lipinski definition) is 1. The largest absolute Gasteiger partial charge is 0.371 e. The Morgan fingerprint density at radius 3 is 2.12 bits per heavy atom. The lowest BCUT2D eigenvalue weighted by Crippen LogP contribution is -2.40. The van der Waals surface area contributed by atoms with Crippen LogP contribution in [0.5, 0.6) is 0 Å². The van der Waals surface area contributed by atoms with Crippen molar-refractivity contribution < 1.29 is 22.8 Å². The Kier molecular flexibility index (Phi) is 6.72. The van der Waals surface area contributed by atoms with E-state index in [9.17, 15) is 22.8 Å². The fourth-order valence-corrected chi connectivity index (χ4v) is 5.16. The number of carbonyl (C=O) groups excluding carboxylic acids is 3. The van der Waals surface area contributed by atoms with Gasteiger partial charge in [-0.15, -0.1) is 0 Å². The fraction of sp³-hybridized carbons (Fsp3) is 0.375. The normalized spacial score (nSPS) is 16.9. The average Bonchev–Trinajstić information content (AvgIpc) is 3.34. The molecule has 0 saturated carbocycles. The Hall–Kier alpha value is -3.24. The molecule has 2 heterocycles. The van der Waals surface area contributed by atoms with Crippen LogP contribution in [0.1, 0.15) is 42.5 Å². The van der Waals surface area contributed by atoms with E-state index in [4.69, 9.17) is 0 Å². The highest BCUT2D eigenvalue weighted by Gasteiger charge is 2.28. The zero-order valence-corrected chi connectivity index (χ0v) is 20.1. The summed E-state index contributed by atoms with van der Waals surface area (Å²) in [4.78, 5) is 40.9. The number of amides is 3. The molecule has 9 nitrogen and oxygen atoms in total. The van der Waals surface area contributed by atoms with Crippen LogP contribution >= 0.6 is 0 Å². The molecule has 1 N–H and O–H groups in total. The van der Waals surface area contributed by atoms with Crippen LogP contribution in [0.15, 0.2) is 47.4 Å². The second-order valence-corrected chi connectivity index (χ2v) is 10.8. The Balaban J connectivity index is 1.61. The van der Waals surface area contributed by atoms with Gasteiger partial charge in [0.2, 0.25) is 21.8 Å². The van der Waals surface area contributed by atoms with E-state index in [-0.39, 0.29) is 22.3 Å². The SMILES string of the molecule is CN(C)S(=O)(=O)c1ccc(N2CCCC2)c(C(=O)Nc2ccc(N3C(=O)CCCC3=O)cc2)c1. The van der Waals surface area contributed by atoms with Crippen molar-refractivity contribution in [2.24, 2.45) is 0 Å². The molecule has 3 amide bonds. The molecule has 4 rings (SSSR count). The van der Waals surface area contributed by atoms with Gasteiger partial charge in [-0.1, -0.05) is 0 Å². The maximum absolute atomic E-state index is 13.3. The molecule has 2 fully saturated rings. The number of piperidine rings is 1. The van der Waals surface area contributed by atoms with Crippen molar-refractivity contribution in [1.82, 2.24) is 4.31 Å². The van der Waals surface area contributed by atoms with Gasteiger partial charge in [0.1, 0.15) is 0 Å². The summed E-state index contributed by atoms with van der Waals surface area (Å²) in [6.07, 6.45) is 3.23. The predicted octanol–water partition coefficient (Wildman–Crippen LogP) is 2.83. The summed E-state index contributed by atoms with van der Waals surface area (Å²) in [5.41, 5.74) is 1.90. The number of nitrogens with zero attached hydrogens (tertiary/aromatic N) is 3. The number of nitrogens with one attached hydrogen (secondary N) is 1. The van der Waals surface area contributed by atoms with Crippen molar-refractivity contribution in [2.75, 3.05) is 42.3 Å². The van der Waals surface area contributed by atoms with Crippen LogP contribution in [-0.4, -0.2) is 57.6 Å². The van der Waals surface area contributed by atoms with E-state index >= 15 is 0 Å². The van der Waals surface area contributed by atoms with E-state index in [0.717, 1.165) is 30.2 Å². The highest BCUT2D eigenvalue weighted by atomic mass is 32.2. The van der Waals surface area contributed by atoms with Crippen LogP contribution in [0.3, 0.4) is 0 Å². The maximum atomic E-state index is 13.3. The van der Waals surface area contributed by atoms with E-state index in [1.807, 2.05) is 0 Å². The lowest BCUT2D eigenvalue weighted by molar-refractivity contribution is -0.129. The van der Waals surface area contributed by atoms with Crippen LogP contribution in [0.4, 0.5) is 17.1 Å². The number of hydrogen-bond acceptors (Lipinski definition) is 6. The number of anilines is 3. The molecule has 0 spiro atoms. The van der Waals surface area contributed by atoms with Crippen molar-refractivity contribution in [1.29, 1.82) is 0 Å². The quantitative estimate of drug-likeness (QED) is 0.632. The minimum atomic E-state index is -3.71. The second kappa shape index (κ2) is 9.55. The van der Waals surface area contributed by atoms with Gasteiger partial charge >= 0.3 is 0 Å². The molecule has 0 radical (unpaired) electrons. The summed E-state index contributed by atoms with van der Waals surface area (Å²) in [6, 6.07) is 11.1. The first-order valence-electron chi connectivity index (χ1n) is 11.3. The van der Waals surface area contributed by atoms with Gasteiger partial charge in [0.15, 0.2) is 0 Å². The van der Waals surface area contributed by atoms with Crippen LogP contribution in [0, 0.1) is 0 Å². The molecular weight excluding hydrogens is 456 g/mol. The van der Waals surface area contributed by atoms with Crippen molar-refractivity contribution in [3.63, 3.8) is 0 Å². The van der Waals surface area contributed by atoms with Gasteiger partial charge in [-0.05, 0) is 61.7 Å². The summed E-state index contributed by atoms with van der Waals surface area (Å²) in [7, 11) is -0.815. The van der Waals surface area contributed by atoms with Crippen LogP contribution in [0.2, 0.25) is 0 Å². The summed E-state index contributed by atoms with van der Waals surface area (Å²) in [5.74, 6) is -0.903. The number of carbonyl (C=O) groups is 3. The Bertz CT molecular complexity index is 1200. The van der Waals surface area contributed by atoms with Crippen LogP contribution in [-0.2, 0) is 19.6 Å². The third kappa shape index (κ3) is 4.69. The molecule has 10 heteroatoms. The number of rotatable bonds is 6. The minimum Gasteiger partial charge on any atom is -0.371 e. The molecule has 0 bridgehead atoms. The molecular formula is C24H28N4O5S. The highest BCUT2D eigenvalue weighted by Crippen LogP contribution is 2.29. The standard InChI is InChI=1S/C24H28N4O5S/c1-26(2)34(32,33)19-12-13-21(27-14-3-4-15-27)20(16-19)24(31)25-17-8-10-18(11-9-17)28-22(29)6-5-7-23(28)30/h8-13,16H,3-7,14-15H2,1-2H3,(H,25,31). The van der Waals surface area contributed by atoms with E-state index in [1.165, 1.54) is 31.1 Å². The third-order valence-electron chi connectivity index (χ3n) is 6.10. The second-order valence-electron chi connectivity index (χ2n) is 8.64. The van der Waals surface area contributed by atoms with E-state index in [1.54, 1.807) is 30.3 Å². The van der Waals surface area contributed by atoms with Crippen LogP contribution < -0.4 is 15.1 Å². The average molecular weight is 485 g/mol. The highest BCUT2D eigenvalue weighted by molar-refractivity contribution is 7.89. The number of imide groups is 1. The number of sulfonamides is 1.